The van der Waals surface area contributed by atoms with E-state index in [4.69, 9.17) is 9.47 Å². The van der Waals surface area contributed by atoms with Crippen LogP contribution in [0.5, 0.6) is 5.75 Å². The molecule has 0 bridgehead atoms. The number of urea groups is 1. The van der Waals surface area contributed by atoms with Crippen molar-refractivity contribution in [1.82, 2.24) is 15.1 Å². The highest BCUT2D eigenvalue weighted by Crippen LogP contribution is 2.29. The third kappa shape index (κ3) is 7.60. The molecule has 206 valence electrons. The normalized spacial score (nSPS) is 23.8. The SMILES string of the molecule is CCCNC(=O)Nc1ccc2c(c1)C(=O)N(C)C[C@H](OC)[C@H](C)CN(C(=O)C1CCCCC1)[C@H](C)CO2. The summed E-state index contributed by atoms with van der Waals surface area (Å²) in [7, 11) is 3.38. The van der Waals surface area contributed by atoms with Crippen LogP contribution in [0.4, 0.5) is 10.5 Å². The van der Waals surface area contributed by atoms with E-state index < -0.39 is 0 Å². The molecule has 4 amide bonds. The van der Waals surface area contributed by atoms with Gasteiger partial charge in [-0.3, -0.25) is 9.59 Å². The van der Waals surface area contributed by atoms with E-state index in [1.165, 1.54) is 6.42 Å². The van der Waals surface area contributed by atoms with Crippen LogP contribution in [-0.4, -0.2) is 80.2 Å². The van der Waals surface area contributed by atoms with Crippen LogP contribution in [0.25, 0.3) is 0 Å². The number of nitrogens with zero attached hydrogens (tertiary/aromatic N) is 2. The third-order valence-electron chi connectivity index (χ3n) is 7.48. The van der Waals surface area contributed by atoms with Crippen molar-refractivity contribution in [3.8, 4) is 5.75 Å². The van der Waals surface area contributed by atoms with E-state index in [9.17, 15) is 14.4 Å². The average molecular weight is 517 g/mol. The molecule has 37 heavy (non-hydrogen) atoms. The van der Waals surface area contributed by atoms with E-state index in [2.05, 4.69) is 17.6 Å². The molecule has 1 aromatic rings. The number of ether oxygens (including phenoxy) is 2. The summed E-state index contributed by atoms with van der Waals surface area (Å²) in [6, 6.07) is 4.58. The minimum absolute atomic E-state index is 0.0180. The van der Waals surface area contributed by atoms with Gasteiger partial charge in [0, 0.05) is 51.3 Å². The third-order valence-corrected chi connectivity index (χ3v) is 7.48. The molecule has 0 saturated heterocycles. The van der Waals surface area contributed by atoms with Crippen molar-refractivity contribution in [2.75, 3.05) is 45.7 Å². The number of hydrogen-bond donors (Lipinski definition) is 2. The number of hydrogen-bond acceptors (Lipinski definition) is 5. The zero-order valence-electron chi connectivity index (χ0n) is 23.0. The molecular weight excluding hydrogens is 472 g/mol. The summed E-state index contributed by atoms with van der Waals surface area (Å²) in [6.07, 6.45) is 5.84. The van der Waals surface area contributed by atoms with Crippen LogP contribution in [0.3, 0.4) is 0 Å². The number of rotatable bonds is 5. The lowest BCUT2D eigenvalue weighted by Gasteiger charge is -2.38. The Bertz CT molecular complexity index is 933. The molecule has 0 spiro atoms. The minimum atomic E-state index is -0.324. The molecule has 1 aliphatic heterocycles. The van der Waals surface area contributed by atoms with Crippen LogP contribution < -0.4 is 15.4 Å². The highest BCUT2D eigenvalue weighted by molar-refractivity contribution is 5.99. The second kappa shape index (κ2) is 13.7. The summed E-state index contributed by atoms with van der Waals surface area (Å²) < 4.78 is 12.0. The zero-order valence-corrected chi connectivity index (χ0v) is 23.0. The summed E-state index contributed by atoms with van der Waals surface area (Å²) in [4.78, 5) is 42.9. The van der Waals surface area contributed by atoms with Crippen molar-refractivity contribution in [1.29, 1.82) is 0 Å². The Balaban J connectivity index is 1.90. The van der Waals surface area contributed by atoms with Crippen LogP contribution in [-0.2, 0) is 9.53 Å². The predicted octanol–water partition coefficient (Wildman–Crippen LogP) is 4.13. The van der Waals surface area contributed by atoms with Gasteiger partial charge in [0.05, 0.1) is 17.7 Å². The number of methoxy groups -OCH3 is 1. The second-order valence-electron chi connectivity index (χ2n) is 10.5. The van der Waals surface area contributed by atoms with Crippen LogP contribution in [0.1, 0.15) is 69.7 Å². The highest BCUT2D eigenvalue weighted by atomic mass is 16.5. The van der Waals surface area contributed by atoms with E-state index in [-0.39, 0.29) is 48.4 Å². The van der Waals surface area contributed by atoms with Crippen molar-refractivity contribution in [3.63, 3.8) is 0 Å². The molecule has 9 nitrogen and oxygen atoms in total. The van der Waals surface area contributed by atoms with Crippen molar-refractivity contribution >= 4 is 23.5 Å². The maximum absolute atomic E-state index is 13.6. The largest absolute Gasteiger partial charge is 0.491 e. The van der Waals surface area contributed by atoms with Gasteiger partial charge in [0.25, 0.3) is 5.91 Å². The van der Waals surface area contributed by atoms with Gasteiger partial charge in [-0.05, 0) is 44.4 Å². The maximum Gasteiger partial charge on any atom is 0.319 e. The Labute approximate surface area is 221 Å². The highest BCUT2D eigenvalue weighted by Gasteiger charge is 2.33. The summed E-state index contributed by atoms with van der Waals surface area (Å²) >= 11 is 0. The molecular formula is C28H44N4O5. The van der Waals surface area contributed by atoms with Gasteiger partial charge >= 0.3 is 6.03 Å². The van der Waals surface area contributed by atoms with Gasteiger partial charge in [-0.25, -0.2) is 4.79 Å². The van der Waals surface area contributed by atoms with E-state index in [1.807, 2.05) is 18.7 Å². The lowest BCUT2D eigenvalue weighted by atomic mass is 9.87. The second-order valence-corrected chi connectivity index (χ2v) is 10.5. The molecule has 2 aliphatic rings. The molecule has 0 unspecified atom stereocenters. The minimum Gasteiger partial charge on any atom is -0.491 e. The number of carbonyl (C=O) groups excluding carboxylic acids is 3. The van der Waals surface area contributed by atoms with Crippen molar-refractivity contribution in [2.45, 2.75) is 71.4 Å². The van der Waals surface area contributed by atoms with Crippen molar-refractivity contribution < 1.29 is 23.9 Å². The molecule has 1 saturated carbocycles. The molecule has 1 fully saturated rings. The summed E-state index contributed by atoms with van der Waals surface area (Å²) in [6.45, 7) is 7.78. The molecule has 2 N–H and O–H groups in total. The molecule has 1 aromatic carbocycles. The first-order chi connectivity index (χ1) is 17.7. The lowest BCUT2D eigenvalue weighted by molar-refractivity contribution is -0.141. The first-order valence-corrected chi connectivity index (χ1v) is 13.7. The Kier molecular flexibility index (Phi) is 10.6. The van der Waals surface area contributed by atoms with Gasteiger partial charge in [-0.15, -0.1) is 0 Å². The van der Waals surface area contributed by atoms with Gasteiger partial charge in [0.15, 0.2) is 0 Å². The Morgan fingerprint density at radius 2 is 1.86 bits per heavy atom. The van der Waals surface area contributed by atoms with E-state index in [1.54, 1.807) is 37.3 Å². The number of nitrogens with one attached hydrogen (secondary N) is 2. The zero-order chi connectivity index (χ0) is 26.9. The van der Waals surface area contributed by atoms with Crippen LogP contribution in [0.2, 0.25) is 0 Å². The van der Waals surface area contributed by atoms with Crippen molar-refractivity contribution in [3.05, 3.63) is 23.8 Å². The van der Waals surface area contributed by atoms with Crippen molar-refractivity contribution in [2.24, 2.45) is 11.8 Å². The molecule has 1 aliphatic carbocycles. The average Bonchev–Trinajstić information content (AvgIpc) is 2.91. The monoisotopic (exact) mass is 516 g/mol. The fourth-order valence-electron chi connectivity index (χ4n) is 5.16. The predicted molar refractivity (Wildman–Crippen MR) is 144 cm³/mol. The number of amides is 4. The fraction of sp³-hybridized carbons (Fsp3) is 0.679. The quantitative estimate of drug-likeness (QED) is 0.613. The molecule has 0 aromatic heterocycles. The van der Waals surface area contributed by atoms with Gasteiger partial charge < -0.3 is 29.9 Å². The molecule has 3 rings (SSSR count). The number of benzene rings is 1. The van der Waals surface area contributed by atoms with E-state index in [0.29, 0.717) is 36.6 Å². The van der Waals surface area contributed by atoms with E-state index >= 15 is 0 Å². The fourth-order valence-corrected chi connectivity index (χ4v) is 5.16. The number of likely N-dealkylation sites (N-methyl/N-ethyl adjacent to an activating group) is 1. The van der Waals surface area contributed by atoms with E-state index in [0.717, 1.165) is 32.1 Å². The molecule has 1 heterocycles. The van der Waals surface area contributed by atoms with Gasteiger partial charge in [-0.1, -0.05) is 33.1 Å². The Morgan fingerprint density at radius 1 is 1.14 bits per heavy atom. The molecule has 0 radical (unpaired) electrons. The summed E-state index contributed by atoms with van der Waals surface area (Å²) in [5.74, 6) is 0.476. The standard InChI is InChI=1S/C28H44N4O5/c1-6-14-29-28(35)30-22-12-13-24-23(15-22)27(34)31(4)17-25(36-5)19(2)16-32(20(3)18-37-24)26(33)21-10-8-7-9-11-21/h12-13,15,19-21,25H,6-11,14,16-18H2,1-5H3,(H2,29,30,35)/t19-,20-,25+/m1/s1. The maximum atomic E-state index is 13.6. The number of anilines is 1. The lowest BCUT2D eigenvalue weighted by Crippen LogP contribution is -2.50. The number of fused-ring (bicyclic) bond motifs is 1. The topological polar surface area (TPSA) is 100 Å². The Hall–Kier alpha value is -2.81. The number of carbonyl (C=O) groups is 3. The molecule has 3 atom stereocenters. The first kappa shape index (κ1) is 28.8. The van der Waals surface area contributed by atoms with Gasteiger partial charge in [-0.2, -0.15) is 0 Å². The summed E-state index contributed by atoms with van der Waals surface area (Å²) in [5, 5.41) is 5.56. The van der Waals surface area contributed by atoms with Gasteiger partial charge in [0.2, 0.25) is 5.91 Å². The van der Waals surface area contributed by atoms with Gasteiger partial charge in [0.1, 0.15) is 12.4 Å². The smallest absolute Gasteiger partial charge is 0.319 e. The summed E-state index contributed by atoms with van der Waals surface area (Å²) in [5.41, 5.74) is 0.861. The first-order valence-electron chi connectivity index (χ1n) is 13.7. The molecule has 9 heteroatoms. The van der Waals surface area contributed by atoms with Crippen LogP contribution in [0.15, 0.2) is 18.2 Å². The Morgan fingerprint density at radius 3 is 2.54 bits per heavy atom. The van der Waals surface area contributed by atoms with Crippen LogP contribution in [0, 0.1) is 11.8 Å². The van der Waals surface area contributed by atoms with Crippen LogP contribution >= 0.6 is 0 Å².